The molecule has 0 aliphatic carbocycles. The van der Waals surface area contributed by atoms with Crippen molar-refractivity contribution in [3.63, 3.8) is 0 Å². The topological polar surface area (TPSA) is 86.1 Å². The van der Waals surface area contributed by atoms with Gasteiger partial charge in [-0.05, 0) is 51.1 Å². The van der Waals surface area contributed by atoms with Crippen LogP contribution in [0.1, 0.15) is 34.2 Å². The predicted octanol–water partition coefficient (Wildman–Crippen LogP) is 4.09. The molecule has 1 aromatic carbocycles. The number of rotatable bonds is 5. The molecule has 3 rings (SSSR count). The van der Waals surface area contributed by atoms with Crippen molar-refractivity contribution in [2.24, 2.45) is 0 Å². The van der Waals surface area contributed by atoms with Crippen LogP contribution in [0.5, 0.6) is 0 Å². The summed E-state index contributed by atoms with van der Waals surface area (Å²) in [6.45, 7) is 4.97. The molecule has 0 aliphatic heterocycles. The maximum Gasteiger partial charge on any atom is 0.418 e. The Kier molecular flexibility index (Phi) is 6.09. The number of alkyl halides is 3. The van der Waals surface area contributed by atoms with Gasteiger partial charge in [0.15, 0.2) is 11.9 Å². The Bertz CT molecular complexity index is 1110. The molecule has 0 radical (unpaired) electrons. The zero-order valence-electron chi connectivity index (χ0n) is 16.9. The van der Waals surface area contributed by atoms with E-state index in [1.165, 1.54) is 31.3 Å². The molecule has 0 bridgehead atoms. The molecule has 1 unspecified atom stereocenters. The van der Waals surface area contributed by atoms with Crippen molar-refractivity contribution < 1.29 is 27.5 Å². The fourth-order valence-electron chi connectivity index (χ4n) is 2.85. The van der Waals surface area contributed by atoms with Crippen LogP contribution in [0.15, 0.2) is 48.7 Å². The van der Waals surface area contributed by atoms with E-state index in [1.807, 2.05) is 19.9 Å². The number of hydrogen-bond donors (Lipinski definition) is 1. The van der Waals surface area contributed by atoms with Crippen molar-refractivity contribution in [3.8, 4) is 5.82 Å². The summed E-state index contributed by atoms with van der Waals surface area (Å²) in [6.07, 6.45) is -4.69. The van der Waals surface area contributed by atoms with E-state index in [0.717, 1.165) is 23.5 Å². The first-order valence-corrected chi connectivity index (χ1v) is 9.24. The number of amides is 1. The molecule has 10 heteroatoms. The number of nitrogens with one attached hydrogen (secondary N) is 1. The highest BCUT2D eigenvalue weighted by Gasteiger charge is 2.34. The molecule has 162 valence electrons. The molecule has 1 amide bonds. The quantitative estimate of drug-likeness (QED) is 0.614. The number of halogens is 3. The Labute approximate surface area is 175 Å². The molecular formula is C21H19F3N4O3. The summed E-state index contributed by atoms with van der Waals surface area (Å²) in [5.74, 6) is -1.23. The fraction of sp³-hybridized carbons (Fsp3) is 0.238. The number of aryl methyl sites for hydroxylation is 2. The summed E-state index contributed by atoms with van der Waals surface area (Å²) in [6, 6.07) is 9.45. The number of benzene rings is 1. The number of para-hydroxylation sites is 1. The smallest absolute Gasteiger partial charge is 0.418 e. The first-order valence-electron chi connectivity index (χ1n) is 9.24. The van der Waals surface area contributed by atoms with Gasteiger partial charge in [-0.1, -0.05) is 12.1 Å². The summed E-state index contributed by atoms with van der Waals surface area (Å²) < 4.78 is 45.9. The Hall–Kier alpha value is -3.69. The average molecular weight is 432 g/mol. The van der Waals surface area contributed by atoms with E-state index in [9.17, 15) is 22.8 Å². The van der Waals surface area contributed by atoms with Gasteiger partial charge in [0.05, 0.1) is 22.5 Å². The minimum Gasteiger partial charge on any atom is -0.449 e. The van der Waals surface area contributed by atoms with E-state index < -0.39 is 35.4 Å². The van der Waals surface area contributed by atoms with Crippen molar-refractivity contribution in [2.45, 2.75) is 33.1 Å². The molecular weight excluding hydrogens is 413 g/mol. The Morgan fingerprint density at radius 1 is 1.13 bits per heavy atom. The first kappa shape index (κ1) is 22.0. The lowest BCUT2D eigenvalue weighted by Crippen LogP contribution is -2.30. The SMILES string of the molecule is Cc1cc(C)n(-c2ccc(C(=O)OC(C)C(=O)Nc3ccccc3C(F)(F)F)cn2)n1. The highest BCUT2D eigenvalue weighted by molar-refractivity contribution is 5.97. The summed E-state index contributed by atoms with van der Waals surface area (Å²) >= 11 is 0. The standard InChI is InChI=1S/C21H19F3N4O3/c1-12-10-13(2)28(27-12)18-9-8-15(11-25-18)20(30)31-14(3)19(29)26-17-7-5-4-6-16(17)21(22,23)24/h4-11,14H,1-3H3,(H,26,29). The largest absolute Gasteiger partial charge is 0.449 e. The molecule has 0 spiro atoms. The fourth-order valence-corrected chi connectivity index (χ4v) is 2.85. The molecule has 1 N–H and O–H groups in total. The van der Waals surface area contributed by atoms with Crippen molar-refractivity contribution in [1.82, 2.24) is 14.8 Å². The van der Waals surface area contributed by atoms with Gasteiger partial charge in [0.2, 0.25) is 0 Å². The number of carbonyl (C=O) groups excluding carboxylic acids is 2. The third-order valence-electron chi connectivity index (χ3n) is 4.35. The summed E-state index contributed by atoms with van der Waals surface area (Å²) in [5, 5.41) is 6.45. The Morgan fingerprint density at radius 3 is 2.42 bits per heavy atom. The first-order chi connectivity index (χ1) is 14.6. The van der Waals surface area contributed by atoms with Crippen LogP contribution in [0.2, 0.25) is 0 Å². The number of pyridine rings is 1. The van der Waals surface area contributed by atoms with E-state index in [4.69, 9.17) is 4.74 Å². The van der Waals surface area contributed by atoms with Crippen LogP contribution in [-0.4, -0.2) is 32.7 Å². The average Bonchev–Trinajstić information content (AvgIpc) is 3.05. The number of hydrogen-bond acceptors (Lipinski definition) is 5. The van der Waals surface area contributed by atoms with Crippen molar-refractivity contribution in [3.05, 3.63) is 71.2 Å². The van der Waals surface area contributed by atoms with Crippen LogP contribution >= 0.6 is 0 Å². The Balaban J connectivity index is 1.67. The van der Waals surface area contributed by atoms with Crippen molar-refractivity contribution in [1.29, 1.82) is 0 Å². The Morgan fingerprint density at radius 2 is 1.84 bits per heavy atom. The van der Waals surface area contributed by atoms with E-state index in [-0.39, 0.29) is 5.56 Å². The van der Waals surface area contributed by atoms with Crippen LogP contribution in [0.4, 0.5) is 18.9 Å². The predicted molar refractivity (Wildman–Crippen MR) is 106 cm³/mol. The summed E-state index contributed by atoms with van der Waals surface area (Å²) in [7, 11) is 0. The monoisotopic (exact) mass is 432 g/mol. The molecule has 3 aromatic rings. The molecule has 2 heterocycles. The maximum atomic E-state index is 13.1. The number of aromatic nitrogens is 3. The lowest BCUT2D eigenvalue weighted by molar-refractivity contribution is -0.137. The third kappa shape index (κ3) is 5.08. The van der Waals surface area contributed by atoms with Gasteiger partial charge in [-0.15, -0.1) is 0 Å². The van der Waals surface area contributed by atoms with Crippen LogP contribution in [0.25, 0.3) is 5.82 Å². The van der Waals surface area contributed by atoms with E-state index in [0.29, 0.717) is 5.82 Å². The van der Waals surface area contributed by atoms with Gasteiger partial charge in [0, 0.05) is 11.9 Å². The molecule has 0 fully saturated rings. The second kappa shape index (κ2) is 8.58. The normalized spacial score (nSPS) is 12.3. The minimum atomic E-state index is -4.64. The molecule has 0 saturated heterocycles. The number of anilines is 1. The van der Waals surface area contributed by atoms with Crippen LogP contribution < -0.4 is 5.32 Å². The molecule has 7 nitrogen and oxygen atoms in total. The van der Waals surface area contributed by atoms with Gasteiger partial charge in [-0.2, -0.15) is 18.3 Å². The van der Waals surface area contributed by atoms with Crippen LogP contribution in [-0.2, 0) is 15.7 Å². The molecule has 2 aromatic heterocycles. The highest BCUT2D eigenvalue weighted by atomic mass is 19.4. The lowest BCUT2D eigenvalue weighted by atomic mass is 10.1. The maximum absolute atomic E-state index is 13.1. The molecule has 0 saturated carbocycles. The lowest BCUT2D eigenvalue weighted by Gasteiger charge is -2.16. The zero-order chi connectivity index (χ0) is 22.8. The minimum absolute atomic E-state index is 0.0839. The molecule has 0 aliphatic rings. The summed E-state index contributed by atoms with van der Waals surface area (Å²) in [5.41, 5.74) is 0.352. The van der Waals surface area contributed by atoms with E-state index in [1.54, 1.807) is 10.7 Å². The van der Waals surface area contributed by atoms with Crippen LogP contribution in [0.3, 0.4) is 0 Å². The van der Waals surface area contributed by atoms with Crippen LogP contribution in [0, 0.1) is 13.8 Å². The second-order valence-corrected chi connectivity index (χ2v) is 6.82. The number of esters is 1. The van der Waals surface area contributed by atoms with Crippen molar-refractivity contribution in [2.75, 3.05) is 5.32 Å². The van der Waals surface area contributed by atoms with Gasteiger partial charge in [-0.3, -0.25) is 4.79 Å². The number of carbonyl (C=O) groups is 2. The van der Waals surface area contributed by atoms with Gasteiger partial charge < -0.3 is 10.1 Å². The zero-order valence-corrected chi connectivity index (χ0v) is 16.9. The van der Waals surface area contributed by atoms with Gasteiger partial charge >= 0.3 is 12.1 Å². The number of nitrogens with zero attached hydrogens (tertiary/aromatic N) is 3. The second-order valence-electron chi connectivity index (χ2n) is 6.82. The van der Waals surface area contributed by atoms with E-state index in [2.05, 4.69) is 15.4 Å². The summed E-state index contributed by atoms with van der Waals surface area (Å²) in [4.78, 5) is 28.7. The van der Waals surface area contributed by atoms with Gasteiger partial charge in [0.1, 0.15) is 0 Å². The number of ether oxygens (including phenoxy) is 1. The van der Waals surface area contributed by atoms with Gasteiger partial charge in [0.25, 0.3) is 5.91 Å². The van der Waals surface area contributed by atoms with E-state index >= 15 is 0 Å². The third-order valence-corrected chi connectivity index (χ3v) is 4.35. The molecule has 1 atom stereocenters. The molecule has 31 heavy (non-hydrogen) atoms. The highest BCUT2D eigenvalue weighted by Crippen LogP contribution is 2.34. The van der Waals surface area contributed by atoms with Crippen molar-refractivity contribution >= 4 is 17.6 Å². The van der Waals surface area contributed by atoms with Gasteiger partial charge in [-0.25, -0.2) is 14.5 Å².